The number of amides is 1. The van der Waals surface area contributed by atoms with Gasteiger partial charge in [0.25, 0.3) is 5.91 Å². The summed E-state index contributed by atoms with van der Waals surface area (Å²) in [6, 6.07) is 10.4. The Labute approximate surface area is 174 Å². The number of ether oxygens (including phenoxy) is 5. The molecule has 8 heteroatoms. The van der Waals surface area contributed by atoms with Gasteiger partial charge in [-0.15, -0.1) is 6.58 Å². The zero-order valence-corrected chi connectivity index (χ0v) is 16.8. The van der Waals surface area contributed by atoms with E-state index < -0.39 is 18.0 Å². The number of carbonyl (C=O) groups excluding carboxylic acids is 2. The van der Waals surface area contributed by atoms with Crippen molar-refractivity contribution in [2.45, 2.75) is 19.4 Å². The molecule has 0 unspecified atom stereocenters. The molecule has 1 aliphatic rings. The first-order chi connectivity index (χ1) is 14.5. The van der Waals surface area contributed by atoms with E-state index in [2.05, 4.69) is 11.9 Å². The molecule has 158 valence electrons. The zero-order chi connectivity index (χ0) is 21.5. The van der Waals surface area contributed by atoms with Crippen LogP contribution in [0.15, 0.2) is 49.1 Å². The Kier molecular flexibility index (Phi) is 6.79. The van der Waals surface area contributed by atoms with E-state index in [1.54, 1.807) is 30.3 Å². The van der Waals surface area contributed by atoms with Gasteiger partial charge >= 0.3 is 5.97 Å². The third-order valence-electron chi connectivity index (χ3n) is 4.27. The van der Waals surface area contributed by atoms with E-state index in [0.717, 1.165) is 5.56 Å². The Morgan fingerprint density at radius 2 is 1.97 bits per heavy atom. The van der Waals surface area contributed by atoms with Crippen LogP contribution in [-0.4, -0.2) is 38.5 Å². The number of methoxy groups -OCH3 is 1. The number of nitrogens with one attached hydrogen (secondary N) is 1. The van der Waals surface area contributed by atoms with Crippen LogP contribution < -0.4 is 24.3 Å². The number of esters is 1. The molecular formula is C22H23NO7. The molecule has 3 rings (SSSR count). The van der Waals surface area contributed by atoms with Gasteiger partial charge in [-0.05, 0) is 43.2 Å². The van der Waals surface area contributed by atoms with Crippen molar-refractivity contribution in [3.63, 3.8) is 0 Å². The van der Waals surface area contributed by atoms with Crippen molar-refractivity contribution in [2.24, 2.45) is 0 Å². The monoisotopic (exact) mass is 413 g/mol. The van der Waals surface area contributed by atoms with E-state index in [9.17, 15) is 9.59 Å². The fourth-order valence-corrected chi connectivity index (χ4v) is 2.76. The molecule has 0 fully saturated rings. The van der Waals surface area contributed by atoms with Crippen LogP contribution in [0.5, 0.6) is 23.0 Å². The number of fused-ring (bicyclic) bond motifs is 1. The first-order valence-electron chi connectivity index (χ1n) is 9.30. The summed E-state index contributed by atoms with van der Waals surface area (Å²) in [7, 11) is 1.51. The van der Waals surface area contributed by atoms with Gasteiger partial charge in [0.05, 0.1) is 7.11 Å². The van der Waals surface area contributed by atoms with Crippen molar-refractivity contribution in [2.75, 3.05) is 25.8 Å². The fraction of sp³-hybridized carbons (Fsp3) is 0.273. The number of benzene rings is 2. The minimum Gasteiger partial charge on any atom is -0.493 e. The van der Waals surface area contributed by atoms with Gasteiger partial charge < -0.3 is 29.0 Å². The number of allylic oxidation sites excluding steroid dienone is 1. The molecule has 1 amide bonds. The molecule has 0 aliphatic carbocycles. The second-order valence-corrected chi connectivity index (χ2v) is 6.46. The normalized spacial score (nSPS) is 12.6. The van der Waals surface area contributed by atoms with Crippen LogP contribution in [-0.2, 0) is 20.7 Å². The second kappa shape index (κ2) is 9.69. The highest BCUT2D eigenvalue weighted by atomic mass is 16.7. The van der Waals surface area contributed by atoms with E-state index in [1.807, 2.05) is 12.1 Å². The summed E-state index contributed by atoms with van der Waals surface area (Å²) in [5.74, 6) is 0.890. The number of hydrogen-bond donors (Lipinski definition) is 1. The first kappa shape index (κ1) is 21.0. The minimum absolute atomic E-state index is 0.141. The molecule has 8 nitrogen and oxygen atoms in total. The molecule has 2 aromatic carbocycles. The van der Waals surface area contributed by atoms with Crippen molar-refractivity contribution in [1.29, 1.82) is 0 Å². The highest BCUT2D eigenvalue weighted by molar-refractivity contribution is 5.95. The van der Waals surface area contributed by atoms with Gasteiger partial charge in [0, 0.05) is 11.8 Å². The molecule has 0 saturated heterocycles. The summed E-state index contributed by atoms with van der Waals surface area (Å²) >= 11 is 0. The lowest BCUT2D eigenvalue weighted by atomic mass is 10.1. The summed E-state index contributed by atoms with van der Waals surface area (Å²) in [5.41, 5.74) is 1.51. The summed E-state index contributed by atoms with van der Waals surface area (Å²) in [6.45, 7) is 4.96. The largest absolute Gasteiger partial charge is 0.493 e. The third-order valence-corrected chi connectivity index (χ3v) is 4.27. The maximum atomic E-state index is 12.3. The summed E-state index contributed by atoms with van der Waals surface area (Å²) in [4.78, 5) is 24.4. The summed E-state index contributed by atoms with van der Waals surface area (Å²) in [6.07, 6.45) is 1.46. The smallest absolute Gasteiger partial charge is 0.344 e. The van der Waals surface area contributed by atoms with Gasteiger partial charge in [0.1, 0.15) is 0 Å². The Morgan fingerprint density at radius 1 is 1.17 bits per heavy atom. The average molecular weight is 413 g/mol. The SMILES string of the molecule is C=CCc1ccc(OCC(=O)O[C@@H](C)C(=O)Nc2ccc3c(c2)OCO3)c(OC)c1. The van der Waals surface area contributed by atoms with Gasteiger partial charge in [0.2, 0.25) is 6.79 Å². The molecule has 0 bridgehead atoms. The van der Waals surface area contributed by atoms with E-state index in [1.165, 1.54) is 14.0 Å². The van der Waals surface area contributed by atoms with Gasteiger partial charge in [-0.25, -0.2) is 4.79 Å². The predicted molar refractivity (Wildman–Crippen MR) is 109 cm³/mol. The number of carbonyl (C=O) groups is 2. The molecule has 0 aromatic heterocycles. The molecule has 2 aromatic rings. The van der Waals surface area contributed by atoms with E-state index in [4.69, 9.17) is 23.7 Å². The Balaban J connectivity index is 1.50. The van der Waals surface area contributed by atoms with Crippen molar-refractivity contribution in [3.05, 3.63) is 54.6 Å². The predicted octanol–water partition coefficient (Wildman–Crippen LogP) is 3.10. The number of anilines is 1. The summed E-state index contributed by atoms with van der Waals surface area (Å²) < 4.78 is 26.4. The van der Waals surface area contributed by atoms with Crippen LogP contribution in [0.25, 0.3) is 0 Å². The lowest BCUT2D eigenvalue weighted by Crippen LogP contribution is -2.31. The van der Waals surface area contributed by atoms with Crippen molar-refractivity contribution in [3.8, 4) is 23.0 Å². The van der Waals surface area contributed by atoms with E-state index in [-0.39, 0.29) is 13.4 Å². The van der Waals surface area contributed by atoms with Gasteiger partial charge in [-0.3, -0.25) is 4.79 Å². The molecule has 0 saturated carbocycles. The third kappa shape index (κ3) is 5.22. The van der Waals surface area contributed by atoms with E-state index in [0.29, 0.717) is 35.1 Å². The maximum Gasteiger partial charge on any atom is 0.344 e. The minimum atomic E-state index is -1.01. The maximum absolute atomic E-state index is 12.3. The number of rotatable bonds is 9. The van der Waals surface area contributed by atoms with Crippen LogP contribution >= 0.6 is 0 Å². The molecule has 30 heavy (non-hydrogen) atoms. The Bertz CT molecular complexity index is 941. The van der Waals surface area contributed by atoms with Crippen molar-refractivity contribution >= 4 is 17.6 Å². The summed E-state index contributed by atoms with van der Waals surface area (Å²) in [5, 5.41) is 2.67. The lowest BCUT2D eigenvalue weighted by Gasteiger charge is -2.15. The molecule has 1 aliphatic heterocycles. The van der Waals surface area contributed by atoms with Crippen molar-refractivity contribution in [1.82, 2.24) is 0 Å². The molecule has 1 heterocycles. The second-order valence-electron chi connectivity index (χ2n) is 6.46. The molecule has 0 spiro atoms. The molecule has 1 N–H and O–H groups in total. The first-order valence-corrected chi connectivity index (χ1v) is 9.30. The molecular weight excluding hydrogens is 390 g/mol. The highest BCUT2D eigenvalue weighted by Gasteiger charge is 2.20. The standard InChI is InChI=1S/C22H23NO7/c1-4-5-15-6-8-17(19(10-15)26-3)27-12-21(24)30-14(2)22(25)23-16-7-9-18-20(11-16)29-13-28-18/h4,6-11,14H,1,5,12-13H2,2-3H3,(H,23,25)/t14-/m0/s1. The highest BCUT2D eigenvalue weighted by Crippen LogP contribution is 2.34. The average Bonchev–Trinajstić information content (AvgIpc) is 3.20. The van der Waals surface area contributed by atoms with E-state index >= 15 is 0 Å². The Morgan fingerprint density at radius 3 is 2.73 bits per heavy atom. The van der Waals surface area contributed by atoms with Crippen LogP contribution in [0.1, 0.15) is 12.5 Å². The van der Waals surface area contributed by atoms with Crippen LogP contribution in [0.3, 0.4) is 0 Å². The Hall–Kier alpha value is -3.68. The molecule has 0 radical (unpaired) electrons. The van der Waals surface area contributed by atoms with Crippen LogP contribution in [0.4, 0.5) is 5.69 Å². The van der Waals surface area contributed by atoms with Gasteiger partial charge in [-0.1, -0.05) is 12.1 Å². The lowest BCUT2D eigenvalue weighted by molar-refractivity contribution is -0.155. The van der Waals surface area contributed by atoms with Crippen molar-refractivity contribution < 1.29 is 33.3 Å². The number of hydrogen-bond acceptors (Lipinski definition) is 7. The topological polar surface area (TPSA) is 92.3 Å². The molecule has 1 atom stereocenters. The zero-order valence-electron chi connectivity index (χ0n) is 16.8. The van der Waals surface area contributed by atoms with Gasteiger partial charge in [0.15, 0.2) is 35.7 Å². The van der Waals surface area contributed by atoms with Gasteiger partial charge in [-0.2, -0.15) is 0 Å². The quantitative estimate of drug-likeness (QED) is 0.499. The van der Waals surface area contributed by atoms with Crippen LogP contribution in [0.2, 0.25) is 0 Å². The fourth-order valence-electron chi connectivity index (χ4n) is 2.76. The van der Waals surface area contributed by atoms with Crippen LogP contribution in [0, 0.1) is 0 Å².